The predicted octanol–water partition coefficient (Wildman–Crippen LogP) is 4.81. The minimum Gasteiger partial charge on any atom is -0.281 e. The van der Waals surface area contributed by atoms with E-state index < -0.39 is 0 Å². The molecule has 23 heavy (non-hydrogen) atoms. The zero-order valence-corrected chi connectivity index (χ0v) is 14.4. The molecule has 0 saturated carbocycles. The van der Waals surface area contributed by atoms with Crippen LogP contribution in [0.3, 0.4) is 0 Å². The number of nitriles is 1. The maximum absolute atomic E-state index is 8.87. The molecular formula is C18H16ClN3S. The lowest BCUT2D eigenvalue weighted by molar-refractivity contribution is 1.21. The Balaban J connectivity index is 2.23. The Morgan fingerprint density at radius 3 is 2.78 bits per heavy atom. The van der Waals surface area contributed by atoms with Gasteiger partial charge in [-0.2, -0.15) is 5.26 Å². The molecule has 0 aromatic heterocycles. The Hall–Kier alpha value is -2.09. The molecule has 0 amide bonds. The van der Waals surface area contributed by atoms with E-state index in [1.54, 1.807) is 31.6 Å². The first-order chi connectivity index (χ1) is 11.2. The first-order valence-corrected chi connectivity index (χ1v) is 8.35. The summed E-state index contributed by atoms with van der Waals surface area (Å²) < 4.78 is 0. The van der Waals surface area contributed by atoms with Crippen LogP contribution >= 0.6 is 23.4 Å². The number of aliphatic imine (C=N–C) groups is 2. The van der Waals surface area contributed by atoms with Crippen molar-refractivity contribution in [3.05, 3.63) is 65.4 Å². The molecule has 0 fully saturated rings. The van der Waals surface area contributed by atoms with Crippen molar-refractivity contribution in [2.45, 2.75) is 6.42 Å². The van der Waals surface area contributed by atoms with E-state index in [0.29, 0.717) is 11.4 Å². The molecule has 0 radical (unpaired) electrons. The smallest absolute Gasteiger partial charge is 0.104 e. The van der Waals surface area contributed by atoms with Gasteiger partial charge in [0.25, 0.3) is 0 Å². The average molecular weight is 342 g/mol. The van der Waals surface area contributed by atoms with Crippen LogP contribution in [0.25, 0.3) is 4.91 Å². The highest BCUT2D eigenvalue weighted by Gasteiger charge is 2.14. The van der Waals surface area contributed by atoms with Gasteiger partial charge in [0.2, 0.25) is 0 Å². The molecule has 0 unspecified atom stereocenters. The quantitative estimate of drug-likeness (QED) is 0.448. The molecule has 0 bridgehead atoms. The number of benzene rings is 1. The van der Waals surface area contributed by atoms with Gasteiger partial charge < -0.3 is 0 Å². The van der Waals surface area contributed by atoms with Gasteiger partial charge in [-0.25, -0.2) is 0 Å². The molecule has 3 nitrogen and oxygen atoms in total. The van der Waals surface area contributed by atoms with Crippen LogP contribution in [0.4, 0.5) is 0 Å². The molecule has 5 heteroatoms. The van der Waals surface area contributed by atoms with Crippen LogP contribution in [0, 0.1) is 11.3 Å². The summed E-state index contributed by atoms with van der Waals surface area (Å²) in [5.74, 6) is 0.439. The highest BCUT2D eigenvalue weighted by molar-refractivity contribution is 8.22. The van der Waals surface area contributed by atoms with Crippen molar-refractivity contribution in [3.63, 3.8) is 0 Å². The fourth-order valence-electron chi connectivity index (χ4n) is 2.03. The minimum absolute atomic E-state index is 0.439. The average Bonchev–Trinajstić information content (AvgIpc) is 2.84. The van der Waals surface area contributed by atoms with Crippen LogP contribution in [0.5, 0.6) is 0 Å². The Morgan fingerprint density at radius 1 is 1.43 bits per heavy atom. The number of alkyl halides is 1. The molecule has 0 N–H and O–H groups in total. The number of hydrogen-bond acceptors (Lipinski definition) is 4. The van der Waals surface area contributed by atoms with Gasteiger partial charge in [-0.3, -0.25) is 9.98 Å². The van der Waals surface area contributed by atoms with Crippen molar-refractivity contribution >= 4 is 39.5 Å². The highest BCUT2D eigenvalue weighted by Crippen LogP contribution is 2.31. The number of rotatable bonds is 4. The van der Waals surface area contributed by atoms with Crippen molar-refractivity contribution in [3.8, 4) is 6.07 Å². The molecule has 0 spiro atoms. The fraction of sp³-hybridized carbons (Fsp3) is 0.167. The minimum atomic E-state index is 0.439. The lowest BCUT2D eigenvalue weighted by Gasteiger charge is -2.12. The largest absolute Gasteiger partial charge is 0.281 e. The zero-order valence-electron chi connectivity index (χ0n) is 12.8. The molecule has 1 aromatic carbocycles. The van der Waals surface area contributed by atoms with Crippen LogP contribution in [-0.4, -0.2) is 24.2 Å². The number of halogens is 1. The Morgan fingerprint density at radius 2 is 2.17 bits per heavy atom. The van der Waals surface area contributed by atoms with Gasteiger partial charge in [0, 0.05) is 35.8 Å². The van der Waals surface area contributed by atoms with Gasteiger partial charge in [-0.1, -0.05) is 36.5 Å². The number of nitrogens with zero attached hydrogens (tertiary/aromatic N) is 3. The van der Waals surface area contributed by atoms with Gasteiger partial charge in [-0.05, 0) is 29.7 Å². The van der Waals surface area contributed by atoms with Crippen LogP contribution in [0.1, 0.15) is 17.5 Å². The number of hydrogen-bond donors (Lipinski definition) is 0. The first kappa shape index (κ1) is 17.3. The monoisotopic (exact) mass is 341 g/mol. The summed E-state index contributed by atoms with van der Waals surface area (Å²) in [6, 6.07) is 9.45. The topological polar surface area (TPSA) is 48.5 Å². The van der Waals surface area contributed by atoms with Crippen molar-refractivity contribution in [2.75, 3.05) is 12.9 Å². The van der Waals surface area contributed by atoms with Crippen molar-refractivity contribution < 1.29 is 0 Å². The summed E-state index contributed by atoms with van der Waals surface area (Å²) in [7, 11) is 1.75. The maximum atomic E-state index is 8.87. The van der Waals surface area contributed by atoms with Gasteiger partial charge in [0.1, 0.15) is 5.04 Å². The molecule has 116 valence electrons. The Labute approximate surface area is 145 Å². The maximum Gasteiger partial charge on any atom is 0.104 e. The first-order valence-electron chi connectivity index (χ1n) is 7.00. The molecule has 1 aromatic rings. The van der Waals surface area contributed by atoms with E-state index in [9.17, 15) is 0 Å². The lowest BCUT2D eigenvalue weighted by Crippen LogP contribution is -2.05. The number of allylic oxidation sites excluding steroid dienone is 2. The normalized spacial score (nSPS) is 14.6. The molecule has 2 rings (SSSR count). The molecule has 1 aliphatic heterocycles. The van der Waals surface area contributed by atoms with Crippen molar-refractivity contribution in [1.82, 2.24) is 0 Å². The lowest BCUT2D eigenvalue weighted by atomic mass is 10.1. The summed E-state index contributed by atoms with van der Waals surface area (Å²) >= 11 is 7.55. The van der Waals surface area contributed by atoms with E-state index in [1.165, 1.54) is 11.8 Å². The van der Waals surface area contributed by atoms with Gasteiger partial charge in [0.15, 0.2) is 0 Å². The third-order valence-corrected chi connectivity index (χ3v) is 4.69. The zero-order chi connectivity index (χ0) is 16.7. The second-order valence-electron chi connectivity index (χ2n) is 4.76. The van der Waals surface area contributed by atoms with Crippen LogP contribution in [0.2, 0.25) is 0 Å². The van der Waals surface area contributed by atoms with Crippen molar-refractivity contribution in [2.24, 2.45) is 9.98 Å². The second-order valence-corrected chi connectivity index (χ2v) is 6.11. The van der Waals surface area contributed by atoms with E-state index >= 15 is 0 Å². The standard InChI is InChI=1S/C18H16ClN3S/c1-13(15-7-5-14(11-20)6-8-15)23-18(21-2)17-12-22-9-3-4-16(17)10-19/h3,5-9,12H,1,4,10H2,2H3. The van der Waals surface area contributed by atoms with E-state index in [-0.39, 0.29) is 0 Å². The van der Waals surface area contributed by atoms with Crippen LogP contribution in [-0.2, 0) is 0 Å². The van der Waals surface area contributed by atoms with Crippen LogP contribution < -0.4 is 0 Å². The van der Waals surface area contributed by atoms with E-state index in [4.69, 9.17) is 16.9 Å². The third kappa shape index (κ3) is 4.44. The SMILES string of the molecule is C=C(SC(=NC)C1=C(CCl)CC=CN=C1)c1ccc(C#N)cc1. The Bertz CT molecular complexity index is 749. The summed E-state index contributed by atoms with van der Waals surface area (Å²) in [6.07, 6.45) is 6.31. The van der Waals surface area contributed by atoms with Crippen molar-refractivity contribution in [1.29, 1.82) is 5.26 Å². The predicted molar refractivity (Wildman–Crippen MR) is 101 cm³/mol. The van der Waals surface area contributed by atoms with E-state index in [2.05, 4.69) is 22.6 Å². The van der Waals surface area contributed by atoms with E-state index in [1.807, 2.05) is 18.2 Å². The third-order valence-electron chi connectivity index (χ3n) is 3.29. The van der Waals surface area contributed by atoms with E-state index in [0.717, 1.165) is 33.1 Å². The van der Waals surface area contributed by atoms with Gasteiger partial charge in [0.05, 0.1) is 11.6 Å². The Kier molecular flexibility index (Phi) is 6.40. The molecule has 0 saturated heterocycles. The summed E-state index contributed by atoms with van der Waals surface area (Å²) in [5.41, 5.74) is 3.63. The molecule has 0 aliphatic carbocycles. The van der Waals surface area contributed by atoms with Gasteiger partial charge >= 0.3 is 0 Å². The van der Waals surface area contributed by atoms with Crippen LogP contribution in [0.15, 0.2) is 64.3 Å². The molecule has 1 aliphatic rings. The summed E-state index contributed by atoms with van der Waals surface area (Å²) in [5, 5.41) is 9.70. The molecule has 0 atom stereocenters. The molecular weight excluding hydrogens is 326 g/mol. The number of thioether (sulfide) groups is 1. The van der Waals surface area contributed by atoms with Gasteiger partial charge in [-0.15, -0.1) is 11.6 Å². The highest BCUT2D eigenvalue weighted by atomic mass is 35.5. The summed E-state index contributed by atoms with van der Waals surface area (Å²) in [4.78, 5) is 9.48. The second kappa shape index (κ2) is 8.52. The fourth-order valence-corrected chi connectivity index (χ4v) is 3.17. The summed E-state index contributed by atoms with van der Waals surface area (Å²) in [6.45, 7) is 4.12. The molecule has 1 heterocycles.